The summed E-state index contributed by atoms with van der Waals surface area (Å²) in [5, 5.41) is 2.33. The van der Waals surface area contributed by atoms with E-state index in [2.05, 4.69) is 55.2 Å². The molecule has 0 fully saturated rings. The minimum atomic E-state index is 0.840. The number of methoxy groups -OCH3 is 1. The first-order valence-corrected chi connectivity index (χ1v) is 7.35. The van der Waals surface area contributed by atoms with E-state index in [9.17, 15) is 0 Å². The fourth-order valence-electron chi connectivity index (χ4n) is 2.75. The van der Waals surface area contributed by atoms with E-state index in [4.69, 9.17) is 4.74 Å². The molecule has 3 aromatic carbocycles. The summed E-state index contributed by atoms with van der Waals surface area (Å²) in [7, 11) is 1.69. The number of benzene rings is 3. The first-order valence-electron chi connectivity index (χ1n) is 7.35. The van der Waals surface area contributed by atoms with Gasteiger partial charge in [-0.3, -0.25) is 4.99 Å². The van der Waals surface area contributed by atoms with Crippen LogP contribution in [0.5, 0.6) is 5.75 Å². The van der Waals surface area contributed by atoms with Crippen LogP contribution in [0.1, 0.15) is 16.7 Å². The SMILES string of the molecule is COc1ccc2ccccc2c1C=Nc1cc(C)cc(C)c1. The lowest BCUT2D eigenvalue weighted by molar-refractivity contribution is 0.415. The van der Waals surface area contributed by atoms with Crippen LogP contribution in [0, 0.1) is 13.8 Å². The van der Waals surface area contributed by atoms with Crippen molar-refractivity contribution in [1.82, 2.24) is 0 Å². The van der Waals surface area contributed by atoms with Gasteiger partial charge in [-0.15, -0.1) is 0 Å². The fraction of sp³-hybridized carbons (Fsp3) is 0.150. The van der Waals surface area contributed by atoms with E-state index < -0.39 is 0 Å². The highest BCUT2D eigenvalue weighted by Gasteiger charge is 2.05. The van der Waals surface area contributed by atoms with E-state index in [0.29, 0.717) is 0 Å². The van der Waals surface area contributed by atoms with E-state index in [1.54, 1.807) is 7.11 Å². The summed E-state index contributed by atoms with van der Waals surface area (Å²) in [6, 6.07) is 18.7. The number of rotatable bonds is 3. The Labute approximate surface area is 131 Å². The Morgan fingerprint density at radius 2 is 1.64 bits per heavy atom. The molecular formula is C20H19NO. The molecule has 22 heavy (non-hydrogen) atoms. The van der Waals surface area contributed by atoms with Gasteiger partial charge in [0.05, 0.1) is 12.8 Å². The van der Waals surface area contributed by atoms with Crippen molar-refractivity contribution in [2.45, 2.75) is 13.8 Å². The predicted molar refractivity (Wildman–Crippen MR) is 93.7 cm³/mol. The highest BCUT2D eigenvalue weighted by Crippen LogP contribution is 2.27. The van der Waals surface area contributed by atoms with Crippen molar-refractivity contribution in [3.05, 3.63) is 71.3 Å². The van der Waals surface area contributed by atoms with Crippen molar-refractivity contribution < 1.29 is 4.74 Å². The van der Waals surface area contributed by atoms with E-state index in [1.807, 2.05) is 24.4 Å². The van der Waals surface area contributed by atoms with E-state index in [0.717, 1.165) is 22.4 Å². The molecule has 2 heteroatoms. The maximum Gasteiger partial charge on any atom is 0.128 e. The second-order valence-electron chi connectivity index (χ2n) is 5.51. The van der Waals surface area contributed by atoms with Crippen molar-refractivity contribution in [3.63, 3.8) is 0 Å². The molecule has 0 radical (unpaired) electrons. The van der Waals surface area contributed by atoms with Gasteiger partial charge in [0, 0.05) is 11.8 Å². The van der Waals surface area contributed by atoms with Gasteiger partial charge < -0.3 is 4.74 Å². The third kappa shape index (κ3) is 2.86. The number of fused-ring (bicyclic) bond motifs is 1. The summed E-state index contributed by atoms with van der Waals surface area (Å²) in [5.41, 5.74) is 4.42. The van der Waals surface area contributed by atoms with Gasteiger partial charge in [0.2, 0.25) is 0 Å². The molecule has 0 aliphatic carbocycles. The summed E-state index contributed by atoms with van der Waals surface area (Å²) in [6.45, 7) is 4.18. The quantitative estimate of drug-likeness (QED) is 0.606. The molecule has 0 amide bonds. The minimum absolute atomic E-state index is 0.840. The van der Waals surface area contributed by atoms with Crippen molar-refractivity contribution in [2.24, 2.45) is 4.99 Å². The summed E-state index contributed by atoms with van der Waals surface area (Å²) >= 11 is 0. The van der Waals surface area contributed by atoms with Crippen molar-refractivity contribution in [1.29, 1.82) is 0 Å². The zero-order valence-electron chi connectivity index (χ0n) is 13.1. The first kappa shape index (κ1) is 14.3. The molecule has 110 valence electrons. The summed E-state index contributed by atoms with van der Waals surface area (Å²) in [4.78, 5) is 4.65. The van der Waals surface area contributed by atoms with Gasteiger partial charge in [-0.25, -0.2) is 0 Å². The summed E-state index contributed by atoms with van der Waals surface area (Å²) in [6.07, 6.45) is 1.90. The van der Waals surface area contributed by atoms with Crippen LogP contribution in [0.3, 0.4) is 0 Å². The molecule has 3 rings (SSSR count). The maximum atomic E-state index is 5.50. The Morgan fingerprint density at radius 3 is 2.36 bits per heavy atom. The lowest BCUT2D eigenvalue weighted by Gasteiger charge is -2.08. The fourth-order valence-corrected chi connectivity index (χ4v) is 2.75. The number of aliphatic imine (C=N–C) groups is 1. The van der Waals surface area contributed by atoms with Crippen molar-refractivity contribution >= 4 is 22.7 Å². The average molecular weight is 289 g/mol. The number of nitrogens with zero attached hydrogens (tertiary/aromatic N) is 1. The van der Waals surface area contributed by atoms with E-state index in [-0.39, 0.29) is 0 Å². The van der Waals surface area contributed by atoms with Crippen LogP contribution < -0.4 is 4.74 Å². The van der Waals surface area contributed by atoms with Gasteiger partial charge in [0.15, 0.2) is 0 Å². The molecule has 0 aliphatic rings. The molecule has 0 atom stereocenters. The molecule has 0 N–H and O–H groups in total. The number of ether oxygens (including phenoxy) is 1. The van der Waals surface area contributed by atoms with Crippen molar-refractivity contribution in [2.75, 3.05) is 7.11 Å². The highest BCUT2D eigenvalue weighted by molar-refractivity contribution is 6.03. The molecule has 0 aliphatic heterocycles. The standard InChI is InChI=1S/C20H19NO/c1-14-10-15(2)12-17(11-14)21-13-19-18-7-5-4-6-16(18)8-9-20(19)22-3/h4-13H,1-3H3. The van der Waals surface area contributed by atoms with Crippen LogP contribution in [0.2, 0.25) is 0 Å². The van der Waals surface area contributed by atoms with Gasteiger partial charge >= 0.3 is 0 Å². The van der Waals surface area contributed by atoms with Gasteiger partial charge in [-0.05, 0) is 53.9 Å². The molecule has 0 heterocycles. The van der Waals surface area contributed by atoms with Crippen LogP contribution in [0.4, 0.5) is 5.69 Å². The first-order chi connectivity index (χ1) is 10.7. The Morgan fingerprint density at radius 1 is 0.909 bits per heavy atom. The lowest BCUT2D eigenvalue weighted by Crippen LogP contribution is -1.92. The Bertz CT molecular complexity index is 829. The second kappa shape index (κ2) is 6.02. The Hall–Kier alpha value is -2.61. The zero-order chi connectivity index (χ0) is 15.5. The number of hydrogen-bond acceptors (Lipinski definition) is 2. The van der Waals surface area contributed by atoms with Gasteiger partial charge in [-0.2, -0.15) is 0 Å². The lowest BCUT2D eigenvalue weighted by atomic mass is 10.0. The normalized spacial score (nSPS) is 11.2. The van der Waals surface area contributed by atoms with Crippen LogP contribution in [0.15, 0.2) is 59.6 Å². The van der Waals surface area contributed by atoms with Crippen LogP contribution >= 0.6 is 0 Å². The molecular weight excluding hydrogens is 270 g/mol. The van der Waals surface area contributed by atoms with Crippen LogP contribution in [-0.2, 0) is 0 Å². The Balaban J connectivity index is 2.11. The van der Waals surface area contributed by atoms with E-state index >= 15 is 0 Å². The largest absolute Gasteiger partial charge is 0.496 e. The average Bonchev–Trinajstić information content (AvgIpc) is 2.51. The van der Waals surface area contributed by atoms with E-state index in [1.165, 1.54) is 16.5 Å². The Kier molecular flexibility index (Phi) is 3.92. The van der Waals surface area contributed by atoms with Gasteiger partial charge in [-0.1, -0.05) is 36.4 Å². The molecule has 0 unspecified atom stereocenters. The summed E-state index contributed by atoms with van der Waals surface area (Å²) < 4.78 is 5.50. The molecule has 2 nitrogen and oxygen atoms in total. The van der Waals surface area contributed by atoms with Crippen LogP contribution in [-0.4, -0.2) is 13.3 Å². The monoisotopic (exact) mass is 289 g/mol. The molecule has 0 saturated heterocycles. The third-order valence-corrected chi connectivity index (χ3v) is 3.70. The topological polar surface area (TPSA) is 21.6 Å². The van der Waals surface area contributed by atoms with Crippen LogP contribution in [0.25, 0.3) is 10.8 Å². The molecule has 0 spiro atoms. The molecule has 0 aromatic heterocycles. The molecule has 0 bridgehead atoms. The molecule has 3 aromatic rings. The van der Waals surface area contributed by atoms with Gasteiger partial charge in [0.25, 0.3) is 0 Å². The number of aryl methyl sites for hydroxylation is 2. The highest BCUT2D eigenvalue weighted by atomic mass is 16.5. The molecule has 0 saturated carbocycles. The number of hydrogen-bond donors (Lipinski definition) is 0. The zero-order valence-corrected chi connectivity index (χ0v) is 13.1. The van der Waals surface area contributed by atoms with Crippen molar-refractivity contribution in [3.8, 4) is 5.75 Å². The third-order valence-electron chi connectivity index (χ3n) is 3.70. The smallest absolute Gasteiger partial charge is 0.128 e. The predicted octanol–water partition coefficient (Wildman–Crippen LogP) is 5.22. The summed E-state index contributed by atoms with van der Waals surface area (Å²) in [5.74, 6) is 0.840. The van der Waals surface area contributed by atoms with Gasteiger partial charge in [0.1, 0.15) is 5.75 Å². The minimum Gasteiger partial charge on any atom is -0.496 e. The maximum absolute atomic E-state index is 5.50. The second-order valence-corrected chi connectivity index (χ2v) is 5.51.